The van der Waals surface area contributed by atoms with E-state index in [9.17, 15) is 19.5 Å². The van der Waals surface area contributed by atoms with Crippen LogP contribution in [0.15, 0.2) is 54.6 Å². The van der Waals surface area contributed by atoms with E-state index in [-0.39, 0.29) is 11.7 Å². The lowest BCUT2D eigenvalue weighted by Gasteiger charge is -2.28. The molecule has 2 saturated heterocycles. The first kappa shape index (κ1) is 18.2. The van der Waals surface area contributed by atoms with E-state index >= 15 is 0 Å². The van der Waals surface area contributed by atoms with Gasteiger partial charge in [-0.1, -0.05) is 30.3 Å². The molecule has 144 valence electrons. The number of hydrogen-bond acceptors (Lipinski definition) is 6. The van der Waals surface area contributed by atoms with Crippen molar-refractivity contribution in [3.05, 3.63) is 60.2 Å². The predicted octanol–water partition coefficient (Wildman–Crippen LogP) is 1.77. The van der Waals surface area contributed by atoms with Crippen LogP contribution in [0.3, 0.4) is 0 Å². The minimum Gasteiger partial charge on any atom is -0.508 e. The zero-order valence-electron chi connectivity index (χ0n) is 15.5. The Labute approximate surface area is 161 Å². The number of phenols is 1. The second kappa shape index (κ2) is 6.45. The van der Waals surface area contributed by atoms with Gasteiger partial charge in [0.15, 0.2) is 0 Å². The van der Waals surface area contributed by atoms with Crippen molar-refractivity contribution in [2.75, 3.05) is 12.0 Å². The van der Waals surface area contributed by atoms with Crippen LogP contribution in [0.5, 0.6) is 5.75 Å². The number of phenolic OH excluding ortho intramolecular Hbond substituents is 1. The molecule has 2 heterocycles. The van der Waals surface area contributed by atoms with Crippen LogP contribution in [0.1, 0.15) is 18.5 Å². The van der Waals surface area contributed by atoms with Gasteiger partial charge in [0, 0.05) is 6.04 Å². The van der Waals surface area contributed by atoms with E-state index in [4.69, 9.17) is 4.74 Å². The number of esters is 1. The first-order valence-corrected chi connectivity index (χ1v) is 8.96. The summed E-state index contributed by atoms with van der Waals surface area (Å²) in [5.41, 5.74) is -0.168. The molecule has 2 aliphatic rings. The molecule has 2 aromatic rings. The topological polar surface area (TPSA) is 95.9 Å². The fourth-order valence-corrected chi connectivity index (χ4v) is 4.34. The number of fused-ring (bicyclic) bond motifs is 1. The molecule has 0 saturated carbocycles. The van der Waals surface area contributed by atoms with E-state index in [2.05, 4.69) is 5.32 Å². The van der Waals surface area contributed by atoms with Crippen molar-refractivity contribution in [2.24, 2.45) is 11.8 Å². The van der Waals surface area contributed by atoms with E-state index in [0.717, 1.165) is 4.90 Å². The summed E-state index contributed by atoms with van der Waals surface area (Å²) in [7, 11) is 1.26. The van der Waals surface area contributed by atoms with Gasteiger partial charge in [0.2, 0.25) is 11.8 Å². The summed E-state index contributed by atoms with van der Waals surface area (Å²) in [6.45, 7) is 1.59. The number of amides is 2. The second-order valence-electron chi connectivity index (χ2n) is 7.26. The van der Waals surface area contributed by atoms with Gasteiger partial charge < -0.3 is 9.84 Å². The van der Waals surface area contributed by atoms with E-state index in [0.29, 0.717) is 11.3 Å². The molecule has 2 aromatic carbocycles. The molecule has 0 spiro atoms. The van der Waals surface area contributed by atoms with E-state index in [1.165, 1.54) is 19.2 Å². The number of nitrogens with one attached hydrogen (secondary N) is 1. The van der Waals surface area contributed by atoms with Crippen LogP contribution < -0.4 is 10.2 Å². The van der Waals surface area contributed by atoms with Gasteiger partial charge in [0.05, 0.1) is 24.6 Å². The number of para-hydroxylation sites is 1. The van der Waals surface area contributed by atoms with Gasteiger partial charge >= 0.3 is 5.97 Å². The van der Waals surface area contributed by atoms with Crippen molar-refractivity contribution in [1.29, 1.82) is 0 Å². The Kier molecular flexibility index (Phi) is 4.19. The Morgan fingerprint density at radius 1 is 1.07 bits per heavy atom. The van der Waals surface area contributed by atoms with Gasteiger partial charge in [-0.15, -0.1) is 0 Å². The summed E-state index contributed by atoms with van der Waals surface area (Å²) < 4.78 is 4.95. The zero-order chi connectivity index (χ0) is 20.1. The lowest BCUT2D eigenvalue weighted by atomic mass is 9.80. The number of carbonyl (C=O) groups excluding carboxylic acids is 3. The molecular formula is C21H20N2O5. The van der Waals surface area contributed by atoms with Crippen molar-refractivity contribution in [3.8, 4) is 5.75 Å². The van der Waals surface area contributed by atoms with Gasteiger partial charge in [-0.05, 0) is 36.8 Å². The maximum absolute atomic E-state index is 13.3. The number of anilines is 1. The van der Waals surface area contributed by atoms with Crippen LogP contribution in [0.4, 0.5) is 5.69 Å². The molecule has 4 atom stereocenters. The normalized spacial score (nSPS) is 29.1. The van der Waals surface area contributed by atoms with Gasteiger partial charge in [-0.2, -0.15) is 0 Å². The predicted molar refractivity (Wildman–Crippen MR) is 100 cm³/mol. The number of imide groups is 1. The molecule has 0 unspecified atom stereocenters. The number of methoxy groups -OCH3 is 1. The van der Waals surface area contributed by atoms with Crippen LogP contribution in [0.25, 0.3) is 0 Å². The molecule has 28 heavy (non-hydrogen) atoms. The van der Waals surface area contributed by atoms with Gasteiger partial charge in [-0.3, -0.25) is 19.7 Å². The summed E-state index contributed by atoms with van der Waals surface area (Å²) in [6, 6.07) is 14.5. The molecule has 0 aliphatic carbocycles. The molecular weight excluding hydrogens is 360 g/mol. The quantitative estimate of drug-likeness (QED) is 0.622. The molecule has 0 bridgehead atoms. The monoisotopic (exact) mass is 380 g/mol. The maximum atomic E-state index is 13.3. The van der Waals surface area contributed by atoms with Crippen LogP contribution in [0.2, 0.25) is 0 Å². The van der Waals surface area contributed by atoms with Crippen molar-refractivity contribution >= 4 is 23.5 Å². The lowest BCUT2D eigenvalue weighted by Crippen LogP contribution is -2.54. The van der Waals surface area contributed by atoms with E-state index in [1.807, 2.05) is 0 Å². The maximum Gasteiger partial charge on any atom is 0.326 e. The Hall–Kier alpha value is -3.19. The molecule has 2 fully saturated rings. The van der Waals surface area contributed by atoms with E-state index < -0.39 is 35.3 Å². The summed E-state index contributed by atoms with van der Waals surface area (Å²) >= 11 is 0. The minimum atomic E-state index is -1.35. The first-order chi connectivity index (χ1) is 13.4. The summed E-state index contributed by atoms with van der Waals surface area (Å²) in [6.07, 6.45) is 0. The van der Waals surface area contributed by atoms with Gasteiger partial charge in [0.25, 0.3) is 0 Å². The molecule has 0 radical (unpaired) electrons. The molecule has 7 heteroatoms. The number of aromatic hydroxyl groups is 1. The summed E-state index contributed by atoms with van der Waals surface area (Å²) in [4.78, 5) is 40.3. The first-order valence-electron chi connectivity index (χ1n) is 8.96. The molecule has 0 aromatic heterocycles. The van der Waals surface area contributed by atoms with Crippen molar-refractivity contribution < 1.29 is 24.2 Å². The average Bonchev–Trinajstić information content (AvgIpc) is 3.16. The highest BCUT2D eigenvalue weighted by molar-refractivity contribution is 6.24. The standard InChI is InChI=1S/C21H20N2O5/c1-21(20(27)28-2)16-15(17(22-21)12-8-10-14(24)11-9-12)18(25)23(19(16)26)13-6-4-3-5-7-13/h3-11,15-17,22,24H,1-2H3/t15-,16+,17-,21-/m1/s1. The highest BCUT2D eigenvalue weighted by atomic mass is 16.5. The number of nitrogens with zero attached hydrogens (tertiary/aromatic N) is 1. The molecule has 2 N–H and O–H groups in total. The lowest BCUT2D eigenvalue weighted by molar-refractivity contribution is -0.151. The van der Waals surface area contributed by atoms with E-state index in [1.54, 1.807) is 49.4 Å². The highest BCUT2D eigenvalue weighted by Gasteiger charge is 2.67. The fraction of sp³-hybridized carbons (Fsp3) is 0.286. The third-order valence-electron chi connectivity index (χ3n) is 5.66. The Bertz CT molecular complexity index is 943. The molecule has 4 rings (SSSR count). The van der Waals surface area contributed by atoms with Crippen LogP contribution in [-0.4, -0.2) is 35.5 Å². The number of hydrogen-bond donors (Lipinski definition) is 2. The smallest absolute Gasteiger partial charge is 0.326 e. The van der Waals surface area contributed by atoms with Crippen LogP contribution >= 0.6 is 0 Å². The molecule has 7 nitrogen and oxygen atoms in total. The average molecular weight is 380 g/mol. The summed E-state index contributed by atoms with van der Waals surface area (Å²) in [5.74, 6) is -2.95. The Morgan fingerprint density at radius 3 is 2.32 bits per heavy atom. The molecule has 2 aliphatic heterocycles. The Balaban J connectivity index is 1.82. The highest BCUT2D eigenvalue weighted by Crippen LogP contribution is 2.50. The van der Waals surface area contributed by atoms with Crippen molar-refractivity contribution in [1.82, 2.24) is 5.32 Å². The van der Waals surface area contributed by atoms with Crippen molar-refractivity contribution in [2.45, 2.75) is 18.5 Å². The SMILES string of the molecule is COC(=O)[C@]1(C)N[C@H](c2ccc(O)cc2)[C@@H]2C(=O)N(c3ccccc3)C(=O)[C@H]21. The summed E-state index contributed by atoms with van der Waals surface area (Å²) in [5, 5.41) is 12.7. The minimum absolute atomic E-state index is 0.0914. The number of benzene rings is 2. The van der Waals surface area contributed by atoms with Crippen molar-refractivity contribution in [3.63, 3.8) is 0 Å². The zero-order valence-corrected chi connectivity index (χ0v) is 15.5. The van der Waals surface area contributed by atoms with Gasteiger partial charge in [-0.25, -0.2) is 4.90 Å². The van der Waals surface area contributed by atoms with Crippen LogP contribution in [-0.2, 0) is 19.1 Å². The largest absolute Gasteiger partial charge is 0.508 e. The number of ether oxygens (including phenoxy) is 1. The third kappa shape index (κ3) is 2.51. The number of rotatable bonds is 3. The van der Waals surface area contributed by atoms with Crippen LogP contribution in [0, 0.1) is 11.8 Å². The number of carbonyl (C=O) groups is 3. The second-order valence-corrected chi connectivity index (χ2v) is 7.26. The third-order valence-corrected chi connectivity index (χ3v) is 5.66. The molecule has 2 amide bonds. The fourth-order valence-electron chi connectivity index (χ4n) is 4.34. The van der Waals surface area contributed by atoms with Gasteiger partial charge in [0.1, 0.15) is 11.3 Å². The Morgan fingerprint density at radius 2 is 1.71 bits per heavy atom.